The third-order valence-corrected chi connectivity index (χ3v) is 4.35. The predicted molar refractivity (Wildman–Crippen MR) is 107 cm³/mol. The average molecular weight is 381 g/mol. The maximum absolute atomic E-state index is 12.5. The summed E-state index contributed by atoms with van der Waals surface area (Å²) in [6.45, 7) is 3.02. The second-order valence-corrected chi connectivity index (χ2v) is 6.42. The summed E-state index contributed by atoms with van der Waals surface area (Å²) in [5.41, 5.74) is 1.86. The van der Waals surface area contributed by atoms with Crippen molar-refractivity contribution in [1.29, 1.82) is 0 Å². The van der Waals surface area contributed by atoms with E-state index in [2.05, 4.69) is 10.6 Å². The van der Waals surface area contributed by atoms with Crippen molar-refractivity contribution in [3.05, 3.63) is 54.1 Å². The smallest absolute Gasteiger partial charge is 0.257 e. The molecule has 7 nitrogen and oxygen atoms in total. The molecule has 0 radical (unpaired) electrons. The first-order chi connectivity index (χ1) is 13.6. The number of hydrogen-bond donors (Lipinski definition) is 2. The molecule has 0 spiro atoms. The molecule has 1 aliphatic heterocycles. The molecule has 7 heteroatoms. The van der Waals surface area contributed by atoms with Crippen LogP contribution in [0, 0.1) is 0 Å². The maximum atomic E-state index is 12.5. The van der Waals surface area contributed by atoms with Gasteiger partial charge in [0.1, 0.15) is 5.75 Å². The van der Waals surface area contributed by atoms with Crippen LogP contribution >= 0.6 is 0 Å². The molecule has 2 aromatic rings. The molecule has 1 heterocycles. The number of nitrogens with zero attached hydrogens (tertiary/aromatic N) is 1. The van der Waals surface area contributed by atoms with Crippen molar-refractivity contribution in [2.75, 3.05) is 29.9 Å². The van der Waals surface area contributed by atoms with Gasteiger partial charge in [-0.05, 0) is 49.7 Å². The Morgan fingerprint density at radius 1 is 1.14 bits per heavy atom. The van der Waals surface area contributed by atoms with Crippen LogP contribution in [0.5, 0.6) is 5.75 Å². The molecule has 1 saturated heterocycles. The van der Waals surface area contributed by atoms with Gasteiger partial charge in [0.2, 0.25) is 5.91 Å². The lowest BCUT2D eigenvalue weighted by Gasteiger charge is -2.16. The second-order valence-electron chi connectivity index (χ2n) is 6.42. The number of nitrogens with one attached hydrogen (secondary N) is 2. The van der Waals surface area contributed by atoms with E-state index in [4.69, 9.17) is 4.74 Å². The summed E-state index contributed by atoms with van der Waals surface area (Å²) in [4.78, 5) is 37.5. The molecule has 28 heavy (non-hydrogen) atoms. The number of likely N-dealkylation sites (N-methyl/N-ethyl adjacent to an activating group) is 1. The fourth-order valence-corrected chi connectivity index (χ4v) is 2.98. The van der Waals surface area contributed by atoms with Gasteiger partial charge in [0.05, 0.1) is 0 Å². The van der Waals surface area contributed by atoms with Crippen molar-refractivity contribution in [3.63, 3.8) is 0 Å². The lowest BCUT2D eigenvalue weighted by Crippen LogP contribution is -2.28. The van der Waals surface area contributed by atoms with E-state index in [9.17, 15) is 14.4 Å². The van der Waals surface area contributed by atoms with Crippen LogP contribution in [0.4, 0.5) is 11.4 Å². The van der Waals surface area contributed by atoms with Gasteiger partial charge in [-0.15, -0.1) is 0 Å². The second kappa shape index (κ2) is 9.03. The zero-order valence-electron chi connectivity index (χ0n) is 15.7. The average Bonchev–Trinajstić information content (AvgIpc) is 3.13. The minimum atomic E-state index is -0.264. The first kappa shape index (κ1) is 19.4. The summed E-state index contributed by atoms with van der Waals surface area (Å²) < 4.78 is 5.43. The molecule has 0 aliphatic carbocycles. The van der Waals surface area contributed by atoms with E-state index in [0.29, 0.717) is 36.5 Å². The Morgan fingerprint density at radius 3 is 2.61 bits per heavy atom. The van der Waals surface area contributed by atoms with Crippen molar-refractivity contribution in [3.8, 4) is 5.75 Å². The van der Waals surface area contributed by atoms with E-state index >= 15 is 0 Å². The van der Waals surface area contributed by atoms with E-state index in [-0.39, 0.29) is 24.3 Å². The third-order valence-electron chi connectivity index (χ3n) is 4.35. The summed E-state index contributed by atoms with van der Waals surface area (Å²) >= 11 is 0. The lowest BCUT2D eigenvalue weighted by atomic mass is 10.1. The zero-order valence-corrected chi connectivity index (χ0v) is 15.7. The first-order valence-electron chi connectivity index (χ1n) is 9.28. The van der Waals surface area contributed by atoms with Gasteiger partial charge in [0, 0.05) is 42.5 Å². The van der Waals surface area contributed by atoms with Crippen LogP contribution in [-0.2, 0) is 9.59 Å². The highest BCUT2D eigenvalue weighted by Crippen LogP contribution is 2.22. The molecule has 0 bridgehead atoms. The van der Waals surface area contributed by atoms with E-state index in [1.54, 1.807) is 53.4 Å². The van der Waals surface area contributed by atoms with E-state index < -0.39 is 0 Å². The maximum Gasteiger partial charge on any atom is 0.257 e. The van der Waals surface area contributed by atoms with Crippen LogP contribution < -0.4 is 20.3 Å². The summed E-state index contributed by atoms with van der Waals surface area (Å²) in [5, 5.41) is 5.46. The number of amides is 3. The summed E-state index contributed by atoms with van der Waals surface area (Å²) in [6.07, 6.45) is 1.43. The Morgan fingerprint density at radius 2 is 1.93 bits per heavy atom. The van der Waals surface area contributed by atoms with Gasteiger partial charge >= 0.3 is 0 Å². The standard InChI is InChI=1S/C21H23N3O4/c1-2-22-19(25)14-28-18-6-3-5-16(13-18)23-21(27)15-8-10-17(11-9-15)24-12-4-7-20(24)26/h3,5-6,8-11,13H,2,4,7,12,14H2,1H3,(H,22,25)(H,23,27). The fraction of sp³-hybridized carbons (Fsp3) is 0.286. The van der Waals surface area contributed by atoms with Gasteiger partial charge in [-0.3, -0.25) is 14.4 Å². The van der Waals surface area contributed by atoms with Crippen LogP contribution in [0.25, 0.3) is 0 Å². The molecule has 2 N–H and O–H groups in total. The monoisotopic (exact) mass is 381 g/mol. The zero-order chi connectivity index (χ0) is 19.9. The van der Waals surface area contributed by atoms with E-state index in [1.165, 1.54) is 0 Å². The molecule has 0 saturated carbocycles. The molecule has 0 atom stereocenters. The van der Waals surface area contributed by atoms with Crippen LogP contribution in [-0.4, -0.2) is 37.4 Å². The Balaban J connectivity index is 1.60. The molecule has 2 aromatic carbocycles. The van der Waals surface area contributed by atoms with Crippen LogP contribution in [0.1, 0.15) is 30.1 Å². The summed E-state index contributed by atoms with van der Waals surface area (Å²) in [6, 6.07) is 13.8. The highest BCUT2D eigenvalue weighted by molar-refractivity contribution is 6.05. The van der Waals surface area contributed by atoms with Gasteiger partial charge in [-0.1, -0.05) is 6.07 Å². The fourth-order valence-electron chi connectivity index (χ4n) is 2.98. The lowest BCUT2D eigenvalue weighted by molar-refractivity contribution is -0.123. The first-order valence-corrected chi connectivity index (χ1v) is 9.28. The molecule has 1 aliphatic rings. The van der Waals surface area contributed by atoms with Crippen molar-refractivity contribution < 1.29 is 19.1 Å². The Hall–Kier alpha value is -3.35. The van der Waals surface area contributed by atoms with Crippen molar-refractivity contribution in [2.24, 2.45) is 0 Å². The summed E-state index contributed by atoms with van der Waals surface area (Å²) in [5.74, 6) is 0.141. The molecule has 0 aromatic heterocycles. The van der Waals surface area contributed by atoms with Crippen LogP contribution in [0.3, 0.4) is 0 Å². The number of hydrogen-bond acceptors (Lipinski definition) is 4. The van der Waals surface area contributed by atoms with Gasteiger partial charge in [-0.25, -0.2) is 0 Å². The number of benzene rings is 2. The highest BCUT2D eigenvalue weighted by atomic mass is 16.5. The quantitative estimate of drug-likeness (QED) is 0.772. The normalized spacial score (nSPS) is 13.3. The van der Waals surface area contributed by atoms with Gasteiger partial charge in [-0.2, -0.15) is 0 Å². The SMILES string of the molecule is CCNC(=O)COc1cccc(NC(=O)c2ccc(N3CCCC3=O)cc2)c1. The molecular formula is C21H23N3O4. The van der Waals surface area contributed by atoms with Crippen molar-refractivity contribution in [1.82, 2.24) is 5.32 Å². The van der Waals surface area contributed by atoms with Crippen LogP contribution in [0.2, 0.25) is 0 Å². The largest absolute Gasteiger partial charge is 0.484 e. The Labute approximate surface area is 163 Å². The topological polar surface area (TPSA) is 87.7 Å². The predicted octanol–water partition coefficient (Wildman–Crippen LogP) is 2.58. The molecule has 3 rings (SSSR count). The highest BCUT2D eigenvalue weighted by Gasteiger charge is 2.21. The minimum Gasteiger partial charge on any atom is -0.484 e. The Kier molecular flexibility index (Phi) is 6.26. The number of carbonyl (C=O) groups is 3. The molecule has 3 amide bonds. The van der Waals surface area contributed by atoms with E-state index in [1.807, 2.05) is 6.92 Å². The third kappa shape index (κ3) is 4.88. The van der Waals surface area contributed by atoms with Crippen LogP contribution in [0.15, 0.2) is 48.5 Å². The minimum absolute atomic E-state index is 0.0814. The van der Waals surface area contributed by atoms with Gasteiger partial charge < -0.3 is 20.3 Å². The van der Waals surface area contributed by atoms with E-state index in [0.717, 1.165) is 12.1 Å². The van der Waals surface area contributed by atoms with Gasteiger partial charge in [0.25, 0.3) is 11.8 Å². The number of rotatable bonds is 7. The van der Waals surface area contributed by atoms with Gasteiger partial charge in [0.15, 0.2) is 6.61 Å². The number of ether oxygens (including phenoxy) is 1. The number of carbonyl (C=O) groups excluding carboxylic acids is 3. The summed E-state index contributed by atoms with van der Waals surface area (Å²) in [7, 11) is 0. The van der Waals surface area contributed by atoms with Crippen molar-refractivity contribution >= 4 is 29.1 Å². The number of anilines is 2. The Bertz CT molecular complexity index is 864. The molecule has 1 fully saturated rings. The molecule has 146 valence electrons. The van der Waals surface area contributed by atoms with Crippen molar-refractivity contribution in [2.45, 2.75) is 19.8 Å². The molecule has 0 unspecified atom stereocenters. The molecular weight excluding hydrogens is 358 g/mol.